The molecule has 0 saturated heterocycles. The highest BCUT2D eigenvalue weighted by Crippen LogP contribution is 2.09. The Kier molecular flexibility index (Phi) is 5.01. The number of benzene rings is 1. The highest BCUT2D eigenvalue weighted by atomic mass is 16.2. The molecule has 3 nitrogen and oxygen atoms in total. The van der Waals surface area contributed by atoms with Crippen LogP contribution in [0.3, 0.4) is 0 Å². The smallest absolute Gasteiger partial charge is 0.222 e. The van der Waals surface area contributed by atoms with Gasteiger partial charge >= 0.3 is 0 Å². The van der Waals surface area contributed by atoms with Crippen molar-refractivity contribution in [3.8, 4) is 0 Å². The molecule has 0 aromatic heterocycles. The lowest BCUT2D eigenvalue weighted by atomic mass is 10.1. The van der Waals surface area contributed by atoms with Crippen molar-refractivity contribution >= 4 is 11.6 Å². The zero-order valence-corrected chi connectivity index (χ0v) is 10.9. The molecule has 0 spiro atoms. The highest BCUT2D eigenvalue weighted by molar-refractivity contribution is 5.76. The summed E-state index contributed by atoms with van der Waals surface area (Å²) >= 11 is 0. The van der Waals surface area contributed by atoms with Gasteiger partial charge in [0.05, 0.1) is 0 Å². The Morgan fingerprint density at radius 3 is 2.71 bits per heavy atom. The van der Waals surface area contributed by atoms with Gasteiger partial charge in [-0.1, -0.05) is 26.0 Å². The molecule has 94 valence electrons. The van der Waals surface area contributed by atoms with Crippen molar-refractivity contribution in [2.75, 3.05) is 19.3 Å². The van der Waals surface area contributed by atoms with Crippen LogP contribution < -0.4 is 5.73 Å². The van der Waals surface area contributed by atoms with Crippen molar-refractivity contribution in [1.82, 2.24) is 4.90 Å². The van der Waals surface area contributed by atoms with Crippen LogP contribution in [0.4, 0.5) is 5.69 Å². The molecule has 0 radical (unpaired) electrons. The zero-order valence-electron chi connectivity index (χ0n) is 10.9. The van der Waals surface area contributed by atoms with Crippen molar-refractivity contribution in [2.24, 2.45) is 5.92 Å². The van der Waals surface area contributed by atoms with Gasteiger partial charge in [0, 0.05) is 25.7 Å². The van der Waals surface area contributed by atoms with E-state index < -0.39 is 0 Å². The standard InChI is InChI=1S/C14H22N2O/c1-11(2)10-16(3)14(17)8-7-12-5-4-6-13(15)9-12/h4-6,9,11H,7-8,10,15H2,1-3H3. The van der Waals surface area contributed by atoms with E-state index in [0.29, 0.717) is 12.3 Å². The molecule has 1 aromatic rings. The van der Waals surface area contributed by atoms with Crippen LogP contribution in [0.5, 0.6) is 0 Å². The van der Waals surface area contributed by atoms with E-state index >= 15 is 0 Å². The molecular weight excluding hydrogens is 212 g/mol. The Hall–Kier alpha value is -1.51. The van der Waals surface area contributed by atoms with Gasteiger partial charge in [0.1, 0.15) is 0 Å². The summed E-state index contributed by atoms with van der Waals surface area (Å²) in [6.45, 7) is 5.04. The van der Waals surface area contributed by atoms with E-state index in [1.165, 1.54) is 0 Å². The molecule has 0 fully saturated rings. The van der Waals surface area contributed by atoms with E-state index in [0.717, 1.165) is 24.2 Å². The molecule has 17 heavy (non-hydrogen) atoms. The van der Waals surface area contributed by atoms with Gasteiger partial charge in [-0.05, 0) is 30.0 Å². The summed E-state index contributed by atoms with van der Waals surface area (Å²) in [4.78, 5) is 13.6. The van der Waals surface area contributed by atoms with Gasteiger partial charge < -0.3 is 10.6 Å². The predicted molar refractivity (Wildman–Crippen MR) is 71.7 cm³/mol. The molecule has 1 rings (SSSR count). The van der Waals surface area contributed by atoms with E-state index in [2.05, 4.69) is 13.8 Å². The molecule has 0 aliphatic heterocycles. The van der Waals surface area contributed by atoms with Crippen LogP contribution >= 0.6 is 0 Å². The number of hydrogen-bond donors (Lipinski definition) is 1. The SMILES string of the molecule is CC(C)CN(C)C(=O)CCc1cccc(N)c1. The molecule has 0 heterocycles. The average molecular weight is 234 g/mol. The number of anilines is 1. The molecule has 1 aromatic carbocycles. The Morgan fingerprint density at radius 1 is 1.41 bits per heavy atom. The van der Waals surface area contributed by atoms with Gasteiger partial charge in [-0.15, -0.1) is 0 Å². The molecule has 3 heteroatoms. The quantitative estimate of drug-likeness (QED) is 0.795. The summed E-state index contributed by atoms with van der Waals surface area (Å²) < 4.78 is 0. The van der Waals surface area contributed by atoms with Gasteiger partial charge in [0.25, 0.3) is 0 Å². The fourth-order valence-corrected chi connectivity index (χ4v) is 1.84. The molecule has 0 aliphatic carbocycles. The Bertz CT molecular complexity index is 374. The number of hydrogen-bond acceptors (Lipinski definition) is 2. The third-order valence-corrected chi connectivity index (χ3v) is 2.64. The summed E-state index contributed by atoms with van der Waals surface area (Å²) in [7, 11) is 1.86. The number of nitrogens with zero attached hydrogens (tertiary/aromatic N) is 1. The molecule has 1 amide bonds. The van der Waals surface area contributed by atoms with Crippen molar-refractivity contribution in [1.29, 1.82) is 0 Å². The maximum atomic E-state index is 11.8. The van der Waals surface area contributed by atoms with Gasteiger partial charge in [-0.25, -0.2) is 0 Å². The van der Waals surface area contributed by atoms with Crippen LogP contribution in [0.2, 0.25) is 0 Å². The lowest BCUT2D eigenvalue weighted by molar-refractivity contribution is -0.130. The fourth-order valence-electron chi connectivity index (χ4n) is 1.84. The molecule has 0 saturated carbocycles. The van der Waals surface area contributed by atoms with E-state index in [9.17, 15) is 4.79 Å². The van der Waals surface area contributed by atoms with Crippen LogP contribution in [0.15, 0.2) is 24.3 Å². The Morgan fingerprint density at radius 2 is 2.12 bits per heavy atom. The second-order valence-electron chi connectivity index (χ2n) is 4.91. The Balaban J connectivity index is 2.43. The van der Waals surface area contributed by atoms with Crippen molar-refractivity contribution in [2.45, 2.75) is 26.7 Å². The average Bonchev–Trinajstić information content (AvgIpc) is 2.25. The van der Waals surface area contributed by atoms with Gasteiger partial charge in [0.2, 0.25) is 5.91 Å². The largest absolute Gasteiger partial charge is 0.399 e. The third kappa shape index (κ3) is 4.89. The highest BCUT2D eigenvalue weighted by Gasteiger charge is 2.09. The molecule has 0 bridgehead atoms. The number of carbonyl (C=O) groups excluding carboxylic acids is 1. The van der Waals surface area contributed by atoms with Crippen LogP contribution in [0.25, 0.3) is 0 Å². The minimum Gasteiger partial charge on any atom is -0.399 e. The first-order valence-electron chi connectivity index (χ1n) is 6.07. The lowest BCUT2D eigenvalue weighted by Crippen LogP contribution is -2.30. The van der Waals surface area contributed by atoms with Gasteiger partial charge in [-0.3, -0.25) is 4.79 Å². The number of nitrogens with two attached hydrogens (primary N) is 1. The third-order valence-electron chi connectivity index (χ3n) is 2.64. The summed E-state index contributed by atoms with van der Waals surface area (Å²) in [5.74, 6) is 0.706. The van der Waals surface area contributed by atoms with Gasteiger partial charge in [-0.2, -0.15) is 0 Å². The number of rotatable bonds is 5. The first-order chi connectivity index (χ1) is 7.99. The molecular formula is C14H22N2O. The molecule has 0 aliphatic rings. The van der Waals surface area contributed by atoms with Crippen LogP contribution in [0.1, 0.15) is 25.8 Å². The van der Waals surface area contributed by atoms with E-state index in [1.54, 1.807) is 4.90 Å². The number of nitrogen functional groups attached to an aromatic ring is 1. The number of aryl methyl sites for hydroxylation is 1. The zero-order chi connectivity index (χ0) is 12.8. The first kappa shape index (κ1) is 13.6. The maximum Gasteiger partial charge on any atom is 0.222 e. The lowest BCUT2D eigenvalue weighted by Gasteiger charge is -2.19. The number of carbonyl (C=O) groups is 1. The van der Waals surface area contributed by atoms with Crippen LogP contribution in [-0.4, -0.2) is 24.4 Å². The summed E-state index contributed by atoms with van der Waals surface area (Å²) in [5, 5.41) is 0. The first-order valence-corrected chi connectivity index (χ1v) is 6.07. The van der Waals surface area contributed by atoms with E-state index in [1.807, 2.05) is 31.3 Å². The molecule has 0 unspecified atom stereocenters. The van der Waals surface area contributed by atoms with E-state index in [4.69, 9.17) is 5.73 Å². The van der Waals surface area contributed by atoms with Crippen molar-refractivity contribution in [3.05, 3.63) is 29.8 Å². The summed E-state index contributed by atoms with van der Waals surface area (Å²) in [6.07, 6.45) is 1.30. The molecule has 0 atom stereocenters. The van der Waals surface area contributed by atoms with Gasteiger partial charge in [0.15, 0.2) is 0 Å². The van der Waals surface area contributed by atoms with Crippen LogP contribution in [0, 0.1) is 5.92 Å². The summed E-state index contributed by atoms with van der Waals surface area (Å²) in [5.41, 5.74) is 7.57. The maximum absolute atomic E-state index is 11.8. The van der Waals surface area contributed by atoms with Crippen molar-refractivity contribution < 1.29 is 4.79 Å². The predicted octanol–water partition coefficient (Wildman–Crippen LogP) is 2.32. The fraction of sp³-hybridized carbons (Fsp3) is 0.500. The monoisotopic (exact) mass is 234 g/mol. The van der Waals surface area contributed by atoms with Crippen molar-refractivity contribution in [3.63, 3.8) is 0 Å². The topological polar surface area (TPSA) is 46.3 Å². The summed E-state index contributed by atoms with van der Waals surface area (Å²) in [6, 6.07) is 7.71. The minimum absolute atomic E-state index is 0.195. The second kappa shape index (κ2) is 6.28. The second-order valence-corrected chi connectivity index (χ2v) is 4.91. The molecule has 2 N–H and O–H groups in total. The van der Waals surface area contributed by atoms with E-state index in [-0.39, 0.29) is 5.91 Å². The Labute approximate surface area is 104 Å². The van der Waals surface area contributed by atoms with Crippen LogP contribution in [-0.2, 0) is 11.2 Å². The minimum atomic E-state index is 0.195. The normalized spacial score (nSPS) is 10.6. The number of amides is 1.